The maximum Gasteiger partial charge on any atom is 0.322 e. The van der Waals surface area contributed by atoms with Crippen molar-refractivity contribution < 1.29 is 26.9 Å². The predicted molar refractivity (Wildman–Crippen MR) is 95.9 cm³/mol. The molecule has 1 aliphatic rings. The zero-order chi connectivity index (χ0) is 20.7. The van der Waals surface area contributed by atoms with Gasteiger partial charge in [-0.3, -0.25) is 0 Å². The summed E-state index contributed by atoms with van der Waals surface area (Å²) in [6.07, 6.45) is 0.354. The Balaban J connectivity index is 1.61. The number of aromatic nitrogens is 1. The zero-order valence-corrected chi connectivity index (χ0v) is 15.2. The maximum absolute atomic E-state index is 14.2. The highest BCUT2D eigenvalue weighted by atomic mass is 19.2. The molecule has 1 aliphatic heterocycles. The molecule has 2 aromatic carbocycles. The molecule has 4 rings (SSSR count). The van der Waals surface area contributed by atoms with Crippen molar-refractivity contribution in [1.82, 2.24) is 10.1 Å². The first-order chi connectivity index (χ1) is 13.8. The fourth-order valence-corrected chi connectivity index (χ4v) is 3.33. The quantitative estimate of drug-likeness (QED) is 0.489. The second kappa shape index (κ2) is 7.23. The Labute approximate surface area is 162 Å². The Morgan fingerprint density at radius 3 is 2.52 bits per heavy atom. The van der Waals surface area contributed by atoms with Gasteiger partial charge in [-0.2, -0.15) is 0 Å². The van der Waals surface area contributed by atoms with Gasteiger partial charge in [-0.25, -0.2) is 22.4 Å². The highest BCUT2D eigenvalue weighted by molar-refractivity contribution is 5.90. The van der Waals surface area contributed by atoms with Crippen molar-refractivity contribution in [3.63, 3.8) is 0 Å². The van der Waals surface area contributed by atoms with Crippen LogP contribution in [0.2, 0.25) is 0 Å². The lowest BCUT2D eigenvalue weighted by Crippen LogP contribution is -2.44. The molecule has 0 saturated heterocycles. The zero-order valence-electron chi connectivity index (χ0n) is 15.2. The molecule has 2 heterocycles. The predicted octanol–water partition coefficient (Wildman–Crippen LogP) is 4.88. The van der Waals surface area contributed by atoms with E-state index < -0.39 is 29.3 Å². The van der Waals surface area contributed by atoms with Gasteiger partial charge in [-0.1, -0.05) is 17.3 Å². The van der Waals surface area contributed by atoms with E-state index in [9.17, 15) is 22.4 Å². The number of fused-ring (bicyclic) bond motifs is 1. The average molecular weight is 405 g/mol. The summed E-state index contributed by atoms with van der Waals surface area (Å²) in [7, 11) is 0. The molecule has 0 saturated carbocycles. The largest absolute Gasteiger partial charge is 0.356 e. The van der Waals surface area contributed by atoms with E-state index in [4.69, 9.17) is 4.52 Å². The Morgan fingerprint density at radius 2 is 1.83 bits per heavy atom. The lowest BCUT2D eigenvalue weighted by atomic mass is 9.97. The third kappa shape index (κ3) is 3.43. The summed E-state index contributed by atoms with van der Waals surface area (Å²) >= 11 is 0. The number of hydrogen-bond donors (Lipinski definition) is 1. The number of halogens is 4. The van der Waals surface area contributed by atoms with Crippen molar-refractivity contribution in [2.24, 2.45) is 0 Å². The van der Waals surface area contributed by atoms with E-state index >= 15 is 0 Å². The van der Waals surface area contributed by atoms with Crippen LogP contribution in [-0.4, -0.2) is 22.1 Å². The van der Waals surface area contributed by atoms with E-state index in [1.165, 1.54) is 11.0 Å². The maximum atomic E-state index is 14.2. The van der Waals surface area contributed by atoms with Gasteiger partial charge in [-0.05, 0) is 19.1 Å². The number of nitrogens with zero attached hydrogens (tertiary/aromatic N) is 2. The standard InChI is InChI=1S/C20H15F4N3O2/c1-10-6-17-13(19(29-26-17)12-4-2-3-5-14(12)21)9-27(10)20(28)25-11-7-15(22)18(24)16(23)8-11/h2-5,7-8,10H,6,9H2,1H3,(H,25,28). The fourth-order valence-electron chi connectivity index (χ4n) is 3.33. The third-order valence-corrected chi connectivity index (χ3v) is 4.83. The number of anilines is 1. The van der Waals surface area contributed by atoms with Crippen molar-refractivity contribution in [2.75, 3.05) is 5.32 Å². The summed E-state index contributed by atoms with van der Waals surface area (Å²) in [4.78, 5) is 14.1. The highest BCUT2D eigenvalue weighted by Crippen LogP contribution is 2.34. The minimum absolute atomic E-state index is 0.0572. The Morgan fingerprint density at radius 1 is 1.14 bits per heavy atom. The van der Waals surface area contributed by atoms with Crippen molar-refractivity contribution in [3.05, 3.63) is 70.9 Å². The van der Waals surface area contributed by atoms with Gasteiger partial charge in [0.15, 0.2) is 23.2 Å². The van der Waals surface area contributed by atoms with Crippen LogP contribution in [0.15, 0.2) is 40.9 Å². The minimum atomic E-state index is -1.61. The molecule has 0 fully saturated rings. The van der Waals surface area contributed by atoms with Crippen LogP contribution in [0.25, 0.3) is 11.3 Å². The van der Waals surface area contributed by atoms with E-state index in [0.29, 0.717) is 29.8 Å². The summed E-state index contributed by atoms with van der Waals surface area (Å²) < 4.78 is 59.4. The van der Waals surface area contributed by atoms with Crippen LogP contribution in [-0.2, 0) is 13.0 Å². The topological polar surface area (TPSA) is 58.4 Å². The number of hydrogen-bond acceptors (Lipinski definition) is 3. The van der Waals surface area contributed by atoms with E-state index in [0.717, 1.165) is 0 Å². The molecule has 0 bridgehead atoms. The van der Waals surface area contributed by atoms with Gasteiger partial charge < -0.3 is 14.7 Å². The molecular weight excluding hydrogens is 390 g/mol. The monoisotopic (exact) mass is 405 g/mol. The first-order valence-electron chi connectivity index (χ1n) is 8.79. The number of benzene rings is 2. The Kier molecular flexibility index (Phi) is 4.73. The van der Waals surface area contributed by atoms with Gasteiger partial charge in [0.05, 0.1) is 17.8 Å². The van der Waals surface area contributed by atoms with Gasteiger partial charge in [0, 0.05) is 35.8 Å². The summed E-state index contributed by atoms with van der Waals surface area (Å²) in [6.45, 7) is 1.83. The number of carbonyl (C=O) groups excluding carboxylic acids is 1. The molecule has 150 valence electrons. The van der Waals surface area contributed by atoms with Crippen LogP contribution in [0.3, 0.4) is 0 Å². The SMILES string of the molecule is CC1Cc2noc(-c3ccccc3F)c2CN1C(=O)Nc1cc(F)c(F)c(F)c1. The molecule has 3 aromatic rings. The van der Waals surface area contributed by atoms with Gasteiger partial charge in [0.2, 0.25) is 0 Å². The fraction of sp³-hybridized carbons (Fsp3) is 0.200. The van der Waals surface area contributed by atoms with Crippen molar-refractivity contribution >= 4 is 11.7 Å². The lowest BCUT2D eigenvalue weighted by molar-refractivity contribution is 0.182. The molecule has 0 radical (unpaired) electrons. The van der Waals surface area contributed by atoms with E-state index in [1.54, 1.807) is 25.1 Å². The van der Waals surface area contributed by atoms with E-state index in [2.05, 4.69) is 10.5 Å². The number of carbonyl (C=O) groups is 1. The molecule has 1 unspecified atom stereocenters. The lowest BCUT2D eigenvalue weighted by Gasteiger charge is -2.32. The normalized spacial score (nSPS) is 15.9. The molecule has 1 N–H and O–H groups in total. The Hall–Kier alpha value is -3.36. The summed E-state index contributed by atoms with van der Waals surface area (Å²) in [5.41, 5.74) is 1.17. The van der Waals surface area contributed by atoms with Gasteiger partial charge >= 0.3 is 6.03 Å². The summed E-state index contributed by atoms with van der Waals surface area (Å²) in [5, 5.41) is 6.35. The smallest absolute Gasteiger partial charge is 0.322 e. The van der Waals surface area contributed by atoms with Crippen LogP contribution >= 0.6 is 0 Å². The summed E-state index contributed by atoms with van der Waals surface area (Å²) in [6, 6.07) is 6.47. The molecular formula is C20H15F4N3O2. The van der Waals surface area contributed by atoms with Crippen LogP contribution in [0.5, 0.6) is 0 Å². The van der Waals surface area contributed by atoms with Crippen LogP contribution < -0.4 is 5.32 Å². The van der Waals surface area contributed by atoms with Crippen LogP contribution in [0, 0.1) is 23.3 Å². The second-order valence-electron chi connectivity index (χ2n) is 6.78. The van der Waals surface area contributed by atoms with Crippen molar-refractivity contribution in [2.45, 2.75) is 25.9 Å². The van der Waals surface area contributed by atoms with Crippen molar-refractivity contribution in [3.8, 4) is 11.3 Å². The number of rotatable bonds is 2. The number of nitrogens with one attached hydrogen (secondary N) is 1. The van der Waals surface area contributed by atoms with E-state index in [-0.39, 0.29) is 29.6 Å². The van der Waals surface area contributed by atoms with Gasteiger partial charge in [0.1, 0.15) is 5.82 Å². The third-order valence-electron chi connectivity index (χ3n) is 4.83. The molecule has 1 aromatic heterocycles. The Bertz CT molecular complexity index is 1080. The molecule has 29 heavy (non-hydrogen) atoms. The molecule has 1 atom stereocenters. The molecule has 0 spiro atoms. The van der Waals surface area contributed by atoms with Gasteiger partial charge in [-0.15, -0.1) is 0 Å². The van der Waals surface area contributed by atoms with Gasteiger partial charge in [0.25, 0.3) is 0 Å². The first-order valence-corrected chi connectivity index (χ1v) is 8.79. The number of urea groups is 1. The second-order valence-corrected chi connectivity index (χ2v) is 6.78. The molecule has 9 heteroatoms. The highest BCUT2D eigenvalue weighted by Gasteiger charge is 2.33. The summed E-state index contributed by atoms with van der Waals surface area (Å²) in [5.74, 6) is -4.69. The van der Waals surface area contributed by atoms with Crippen molar-refractivity contribution in [1.29, 1.82) is 0 Å². The van der Waals surface area contributed by atoms with Crippen LogP contribution in [0.1, 0.15) is 18.2 Å². The number of amides is 2. The van der Waals surface area contributed by atoms with Crippen LogP contribution in [0.4, 0.5) is 28.0 Å². The molecule has 2 amide bonds. The minimum Gasteiger partial charge on any atom is -0.356 e. The average Bonchev–Trinajstić information content (AvgIpc) is 3.08. The molecule has 5 nitrogen and oxygen atoms in total. The van der Waals surface area contributed by atoms with E-state index in [1.807, 2.05) is 0 Å². The molecule has 0 aliphatic carbocycles. The first kappa shape index (κ1) is 19.0.